The summed E-state index contributed by atoms with van der Waals surface area (Å²) in [5.41, 5.74) is 0.631. The lowest BCUT2D eigenvalue weighted by atomic mass is 10.2. The highest BCUT2D eigenvalue weighted by molar-refractivity contribution is 5.98. The molecule has 1 heterocycles. The molecule has 130 valence electrons. The molecular weight excluding hydrogens is 292 g/mol. The number of hydrogen-bond donors (Lipinski definition) is 1. The van der Waals surface area contributed by atoms with Gasteiger partial charge in [-0.05, 0) is 55.4 Å². The Morgan fingerprint density at radius 2 is 1.22 bits per heavy atom. The maximum absolute atomic E-state index is 12.6. The largest absolute Gasteiger partial charge is 0.332 e. The second-order valence-corrected chi connectivity index (χ2v) is 6.97. The predicted molar refractivity (Wildman–Crippen MR) is 91.5 cm³/mol. The molecule has 0 unspecified atom stereocenters. The van der Waals surface area contributed by atoms with Crippen LogP contribution in [-0.4, -0.2) is 56.0 Å². The Morgan fingerprint density at radius 1 is 0.826 bits per heavy atom. The van der Waals surface area contributed by atoms with Crippen molar-refractivity contribution in [3.05, 3.63) is 17.5 Å². The summed E-state index contributed by atoms with van der Waals surface area (Å²) in [6.07, 6.45) is 0. The summed E-state index contributed by atoms with van der Waals surface area (Å²) in [7, 11) is 0. The molecule has 6 nitrogen and oxygen atoms in total. The highest BCUT2D eigenvalue weighted by Gasteiger charge is 2.27. The highest BCUT2D eigenvalue weighted by atomic mass is 16.2. The Kier molecular flexibility index (Phi) is 6.36. The number of rotatable bonds is 6. The lowest BCUT2D eigenvalue weighted by Crippen LogP contribution is -2.42. The van der Waals surface area contributed by atoms with E-state index < -0.39 is 0 Å². The van der Waals surface area contributed by atoms with Gasteiger partial charge in [-0.3, -0.25) is 14.7 Å². The Morgan fingerprint density at radius 3 is 1.61 bits per heavy atom. The molecule has 1 aromatic rings. The number of carbonyl (C=O) groups is 2. The second-order valence-electron chi connectivity index (χ2n) is 6.97. The van der Waals surface area contributed by atoms with Gasteiger partial charge in [0, 0.05) is 30.2 Å². The van der Waals surface area contributed by atoms with Crippen molar-refractivity contribution in [2.24, 2.45) is 0 Å². The molecule has 0 aliphatic heterocycles. The molecule has 23 heavy (non-hydrogen) atoms. The molecule has 0 spiro atoms. The van der Waals surface area contributed by atoms with E-state index in [4.69, 9.17) is 0 Å². The van der Waals surface area contributed by atoms with E-state index in [1.807, 2.05) is 55.4 Å². The first kappa shape index (κ1) is 19.2. The number of aromatic nitrogens is 2. The summed E-state index contributed by atoms with van der Waals surface area (Å²) in [6.45, 7) is 15.8. The fourth-order valence-electron chi connectivity index (χ4n) is 2.94. The second kappa shape index (κ2) is 7.62. The van der Waals surface area contributed by atoms with Crippen LogP contribution in [0.5, 0.6) is 0 Å². The molecule has 0 aromatic carbocycles. The van der Waals surface area contributed by atoms with Crippen molar-refractivity contribution in [2.75, 3.05) is 0 Å². The minimum Gasteiger partial charge on any atom is -0.332 e. The Labute approximate surface area is 139 Å². The standard InChI is InChI=1S/C17H30N4O2/c1-10(2)20(11(3)4)16(22)14-9-15(19-18-14)17(23)21(12(5)6)13(7)8/h9-13H,1-8H3,(H,18,19). The van der Waals surface area contributed by atoms with Crippen molar-refractivity contribution in [1.82, 2.24) is 20.0 Å². The molecule has 0 aliphatic carbocycles. The zero-order valence-electron chi connectivity index (χ0n) is 15.5. The zero-order valence-corrected chi connectivity index (χ0v) is 15.5. The van der Waals surface area contributed by atoms with E-state index in [1.54, 1.807) is 15.9 Å². The molecule has 0 aliphatic rings. The van der Waals surface area contributed by atoms with Crippen LogP contribution in [0.25, 0.3) is 0 Å². The van der Waals surface area contributed by atoms with Gasteiger partial charge < -0.3 is 9.80 Å². The highest BCUT2D eigenvalue weighted by Crippen LogP contribution is 2.15. The number of hydrogen-bond acceptors (Lipinski definition) is 3. The van der Waals surface area contributed by atoms with Crippen molar-refractivity contribution in [3.8, 4) is 0 Å². The normalized spacial score (nSPS) is 11.7. The van der Waals surface area contributed by atoms with Crippen molar-refractivity contribution >= 4 is 11.8 Å². The third-order valence-electron chi connectivity index (χ3n) is 3.72. The van der Waals surface area contributed by atoms with Gasteiger partial charge in [0.1, 0.15) is 5.69 Å². The Bertz CT molecular complexity index is 484. The monoisotopic (exact) mass is 322 g/mol. The molecule has 1 N–H and O–H groups in total. The smallest absolute Gasteiger partial charge is 0.274 e. The van der Waals surface area contributed by atoms with E-state index in [2.05, 4.69) is 10.2 Å². The average Bonchev–Trinajstić information content (AvgIpc) is 2.85. The van der Waals surface area contributed by atoms with Gasteiger partial charge in [-0.25, -0.2) is 0 Å². The first-order valence-corrected chi connectivity index (χ1v) is 8.28. The van der Waals surface area contributed by atoms with E-state index in [0.29, 0.717) is 5.69 Å². The van der Waals surface area contributed by atoms with Crippen LogP contribution < -0.4 is 0 Å². The van der Waals surface area contributed by atoms with E-state index in [-0.39, 0.29) is 41.7 Å². The number of aromatic amines is 1. The third kappa shape index (κ3) is 4.33. The van der Waals surface area contributed by atoms with E-state index in [9.17, 15) is 9.59 Å². The van der Waals surface area contributed by atoms with Crippen LogP contribution in [0, 0.1) is 0 Å². The van der Waals surface area contributed by atoms with Gasteiger partial charge in [-0.1, -0.05) is 0 Å². The molecule has 0 bridgehead atoms. The van der Waals surface area contributed by atoms with E-state index in [0.717, 1.165) is 0 Å². The minimum atomic E-state index is -0.161. The quantitative estimate of drug-likeness (QED) is 0.875. The maximum Gasteiger partial charge on any atom is 0.274 e. The third-order valence-corrected chi connectivity index (χ3v) is 3.72. The van der Waals surface area contributed by atoms with Crippen molar-refractivity contribution in [3.63, 3.8) is 0 Å². The van der Waals surface area contributed by atoms with Crippen molar-refractivity contribution in [2.45, 2.75) is 79.6 Å². The van der Waals surface area contributed by atoms with Crippen LogP contribution in [0.3, 0.4) is 0 Å². The van der Waals surface area contributed by atoms with E-state index in [1.165, 1.54) is 0 Å². The fraction of sp³-hybridized carbons (Fsp3) is 0.706. The van der Waals surface area contributed by atoms with Gasteiger partial charge in [0.15, 0.2) is 5.69 Å². The van der Waals surface area contributed by atoms with Crippen LogP contribution in [0.15, 0.2) is 6.07 Å². The lowest BCUT2D eigenvalue weighted by molar-refractivity contribution is 0.0631. The van der Waals surface area contributed by atoms with Crippen LogP contribution in [-0.2, 0) is 0 Å². The SMILES string of the molecule is CC(C)N(C(=O)c1cc(C(=O)N(C(C)C)C(C)C)[nH]n1)C(C)C. The lowest BCUT2D eigenvalue weighted by Gasteiger charge is -2.30. The molecule has 2 amide bonds. The Balaban J connectivity index is 3.05. The molecule has 0 atom stereocenters. The van der Waals surface area contributed by atoms with Gasteiger partial charge in [0.25, 0.3) is 11.8 Å². The van der Waals surface area contributed by atoms with Crippen LogP contribution in [0.2, 0.25) is 0 Å². The number of carbonyl (C=O) groups excluding carboxylic acids is 2. The number of H-pyrrole nitrogens is 1. The summed E-state index contributed by atoms with van der Waals surface area (Å²) in [4.78, 5) is 28.8. The van der Waals surface area contributed by atoms with Crippen molar-refractivity contribution in [1.29, 1.82) is 0 Å². The zero-order chi connectivity index (χ0) is 17.9. The summed E-state index contributed by atoms with van der Waals surface area (Å²) >= 11 is 0. The molecule has 6 heteroatoms. The summed E-state index contributed by atoms with van der Waals surface area (Å²) in [5.74, 6) is -0.298. The molecule has 0 saturated carbocycles. The maximum atomic E-state index is 12.6. The summed E-state index contributed by atoms with van der Waals surface area (Å²) in [6, 6.07) is 1.85. The van der Waals surface area contributed by atoms with Gasteiger partial charge in [-0.2, -0.15) is 5.10 Å². The molecule has 0 radical (unpaired) electrons. The van der Waals surface area contributed by atoms with Gasteiger partial charge in [0.2, 0.25) is 0 Å². The predicted octanol–water partition coefficient (Wildman–Crippen LogP) is 2.93. The van der Waals surface area contributed by atoms with Crippen LogP contribution >= 0.6 is 0 Å². The molecule has 0 saturated heterocycles. The van der Waals surface area contributed by atoms with Gasteiger partial charge in [-0.15, -0.1) is 0 Å². The van der Waals surface area contributed by atoms with Gasteiger partial charge in [0.05, 0.1) is 0 Å². The first-order chi connectivity index (χ1) is 10.6. The van der Waals surface area contributed by atoms with E-state index >= 15 is 0 Å². The molecular formula is C17H30N4O2. The average molecular weight is 322 g/mol. The number of nitrogens with one attached hydrogen (secondary N) is 1. The van der Waals surface area contributed by atoms with Crippen LogP contribution in [0.4, 0.5) is 0 Å². The fourth-order valence-corrected chi connectivity index (χ4v) is 2.94. The number of amides is 2. The Hall–Kier alpha value is -1.85. The summed E-state index contributed by atoms with van der Waals surface area (Å²) < 4.78 is 0. The molecule has 0 fully saturated rings. The van der Waals surface area contributed by atoms with Gasteiger partial charge >= 0.3 is 0 Å². The number of nitrogens with zero attached hydrogens (tertiary/aromatic N) is 3. The topological polar surface area (TPSA) is 69.3 Å². The first-order valence-electron chi connectivity index (χ1n) is 8.28. The van der Waals surface area contributed by atoms with Crippen LogP contribution in [0.1, 0.15) is 76.4 Å². The molecule has 1 aromatic heterocycles. The minimum absolute atomic E-state index is 0.0705. The molecule has 1 rings (SSSR count). The van der Waals surface area contributed by atoms with Crippen molar-refractivity contribution < 1.29 is 9.59 Å². The summed E-state index contributed by atoms with van der Waals surface area (Å²) in [5, 5.41) is 6.78.